The van der Waals surface area contributed by atoms with E-state index in [-0.39, 0.29) is 54.5 Å². The molecule has 15 heteroatoms. The molecule has 0 radical (unpaired) electrons. The predicted molar refractivity (Wildman–Crippen MR) is 141 cm³/mol. The fourth-order valence-electron chi connectivity index (χ4n) is 4.46. The molecule has 2 aliphatic rings. The van der Waals surface area contributed by atoms with Crippen molar-refractivity contribution < 1.29 is 41.4 Å². The fourth-order valence-corrected chi connectivity index (χ4v) is 5.42. The summed E-state index contributed by atoms with van der Waals surface area (Å²) >= 11 is 6.91. The molecule has 0 spiro atoms. The summed E-state index contributed by atoms with van der Waals surface area (Å²) < 4.78 is 63.8. The molecule has 1 aromatic carbocycles. The van der Waals surface area contributed by atoms with Crippen molar-refractivity contribution >= 4 is 52.0 Å². The van der Waals surface area contributed by atoms with Gasteiger partial charge in [-0.3, -0.25) is 19.3 Å². The number of morpholine rings is 1. The van der Waals surface area contributed by atoms with Gasteiger partial charge in [0.1, 0.15) is 12.6 Å². The number of hydrogen-bond donors (Lipinski definition) is 2. The Morgan fingerprint density at radius 2 is 1.98 bits per heavy atom. The van der Waals surface area contributed by atoms with Gasteiger partial charge in [-0.2, -0.15) is 8.78 Å². The van der Waals surface area contributed by atoms with Gasteiger partial charge in [-0.15, -0.1) is 11.3 Å². The number of hydrogen-bond acceptors (Lipinski definition) is 7. The average molecular weight is 607 g/mol. The highest BCUT2D eigenvalue weighted by atomic mass is 35.5. The van der Waals surface area contributed by atoms with Gasteiger partial charge >= 0.3 is 6.61 Å². The van der Waals surface area contributed by atoms with Crippen molar-refractivity contribution in [2.45, 2.75) is 44.4 Å². The van der Waals surface area contributed by atoms with Crippen LogP contribution in [0, 0.1) is 0 Å². The summed E-state index contributed by atoms with van der Waals surface area (Å²) in [5.41, 5.74) is 0.107. The fraction of sp³-hybridized carbons (Fsp3) is 0.480. The van der Waals surface area contributed by atoms with Crippen LogP contribution in [0.4, 0.5) is 28.9 Å². The molecule has 9 nitrogen and oxygen atoms in total. The summed E-state index contributed by atoms with van der Waals surface area (Å²) in [4.78, 5) is 41.3. The molecule has 0 unspecified atom stereocenters. The summed E-state index contributed by atoms with van der Waals surface area (Å²) in [6.45, 7) is -4.02. The Labute approximate surface area is 236 Å². The third-order valence-corrected chi connectivity index (χ3v) is 7.82. The monoisotopic (exact) mass is 606 g/mol. The summed E-state index contributed by atoms with van der Waals surface area (Å²) in [5, 5.41) is 5.10. The normalized spacial score (nSPS) is 16.8. The highest BCUT2D eigenvalue weighted by molar-refractivity contribution is 7.18. The second kappa shape index (κ2) is 13.6. The Balaban J connectivity index is 1.58. The number of alkyl halides is 4. The number of ether oxygens (including phenoxy) is 2. The van der Waals surface area contributed by atoms with E-state index in [9.17, 15) is 31.9 Å². The number of halogens is 5. The zero-order valence-corrected chi connectivity index (χ0v) is 22.7. The first-order valence-corrected chi connectivity index (χ1v) is 13.7. The number of benzene rings is 1. The van der Waals surface area contributed by atoms with Crippen LogP contribution in [0.25, 0.3) is 0 Å². The van der Waals surface area contributed by atoms with E-state index < -0.39 is 43.2 Å². The third kappa shape index (κ3) is 7.62. The van der Waals surface area contributed by atoms with Crippen molar-refractivity contribution in [2.24, 2.45) is 0 Å². The lowest BCUT2D eigenvalue weighted by Gasteiger charge is -2.41. The molecule has 1 saturated heterocycles. The van der Waals surface area contributed by atoms with Crippen molar-refractivity contribution in [2.75, 3.05) is 43.1 Å². The van der Waals surface area contributed by atoms with Crippen molar-refractivity contribution in [1.82, 2.24) is 10.2 Å². The first kappa shape index (κ1) is 30.0. The van der Waals surface area contributed by atoms with Gasteiger partial charge in [0.15, 0.2) is 5.75 Å². The highest BCUT2D eigenvalue weighted by Crippen LogP contribution is 2.33. The molecule has 1 saturated carbocycles. The van der Waals surface area contributed by atoms with Crippen molar-refractivity contribution in [3.8, 4) is 5.75 Å². The van der Waals surface area contributed by atoms with Gasteiger partial charge in [0, 0.05) is 30.9 Å². The van der Waals surface area contributed by atoms with Crippen LogP contribution < -0.4 is 20.3 Å². The maximum atomic E-state index is 13.6. The molecule has 2 fully saturated rings. The zero-order chi connectivity index (χ0) is 28.8. The summed E-state index contributed by atoms with van der Waals surface area (Å²) in [6, 6.07) is 5.37. The van der Waals surface area contributed by atoms with Crippen LogP contribution in [0.5, 0.6) is 5.75 Å². The van der Waals surface area contributed by atoms with Crippen LogP contribution in [0.3, 0.4) is 0 Å². The van der Waals surface area contributed by atoms with Gasteiger partial charge in [0.2, 0.25) is 5.91 Å². The van der Waals surface area contributed by atoms with Gasteiger partial charge in [-0.05, 0) is 37.1 Å². The second-order valence-electron chi connectivity index (χ2n) is 9.15. The molecule has 0 bridgehead atoms. The van der Waals surface area contributed by atoms with Crippen LogP contribution >= 0.6 is 22.9 Å². The molecule has 2 heterocycles. The lowest BCUT2D eigenvalue weighted by molar-refractivity contribution is -0.126. The number of thiophene rings is 1. The van der Waals surface area contributed by atoms with E-state index >= 15 is 0 Å². The number of amides is 3. The molecule has 2 N–H and O–H groups in total. The van der Waals surface area contributed by atoms with E-state index in [4.69, 9.17) is 16.3 Å². The molecule has 3 amide bonds. The maximum absolute atomic E-state index is 13.6. The molecular formula is C25H27ClF4N4O5S. The Kier molecular flexibility index (Phi) is 10.2. The lowest BCUT2D eigenvalue weighted by Crippen LogP contribution is -2.57. The van der Waals surface area contributed by atoms with E-state index in [0.717, 1.165) is 17.8 Å². The SMILES string of the molecule is O=C(NC[C@@H](C(=O)Nc1ccc(N2CCOCC2=O)cc1OC(F)F)N(CC(F)F)C1CCC1)c1ccc(Cl)s1. The smallest absolute Gasteiger partial charge is 0.387 e. The number of nitrogens with one attached hydrogen (secondary N) is 2. The average Bonchev–Trinajstić information content (AvgIpc) is 3.30. The summed E-state index contributed by atoms with van der Waals surface area (Å²) in [6.07, 6.45) is -0.779. The number of anilines is 2. The van der Waals surface area contributed by atoms with E-state index in [1.807, 2.05) is 0 Å². The van der Waals surface area contributed by atoms with Gasteiger partial charge < -0.3 is 25.0 Å². The standard InChI is InChI=1S/C25H27ClF4N4O5S/c26-20-7-6-19(40-20)24(37)31-11-17(34(12-21(27)28)14-2-1-3-14)23(36)32-16-5-4-15(10-18(16)39-25(29)30)33-8-9-38-13-22(33)35/h4-7,10,14,17,21,25H,1-3,8-9,11-13H2,(H,31,37)(H,32,36)/t17-/m0/s1. The minimum atomic E-state index is -3.25. The van der Waals surface area contributed by atoms with Crippen LogP contribution in [0.2, 0.25) is 4.34 Å². The highest BCUT2D eigenvalue weighted by Gasteiger charge is 2.37. The maximum Gasteiger partial charge on any atom is 0.387 e. The van der Waals surface area contributed by atoms with Crippen LogP contribution in [0.1, 0.15) is 28.9 Å². The second-order valence-corrected chi connectivity index (χ2v) is 10.9. The molecule has 40 heavy (non-hydrogen) atoms. The van der Waals surface area contributed by atoms with Gasteiger partial charge in [0.05, 0.1) is 28.1 Å². The Morgan fingerprint density at radius 3 is 2.58 bits per heavy atom. The first-order chi connectivity index (χ1) is 19.1. The number of nitrogens with zero attached hydrogens (tertiary/aromatic N) is 2. The number of carbonyl (C=O) groups excluding carboxylic acids is 3. The van der Waals surface area contributed by atoms with Crippen LogP contribution in [0.15, 0.2) is 30.3 Å². The molecule has 1 aliphatic heterocycles. The van der Waals surface area contributed by atoms with Gasteiger partial charge in [-0.1, -0.05) is 18.0 Å². The molecule has 2 aromatic rings. The van der Waals surface area contributed by atoms with Crippen molar-refractivity contribution in [3.05, 3.63) is 39.5 Å². The first-order valence-electron chi connectivity index (χ1n) is 12.5. The van der Waals surface area contributed by atoms with E-state index in [2.05, 4.69) is 15.4 Å². The predicted octanol–water partition coefficient (Wildman–Crippen LogP) is 4.22. The molecule has 218 valence electrons. The Bertz CT molecular complexity index is 1220. The van der Waals surface area contributed by atoms with Crippen LogP contribution in [-0.4, -0.2) is 80.6 Å². The topological polar surface area (TPSA) is 100 Å². The van der Waals surface area contributed by atoms with Gasteiger partial charge in [-0.25, -0.2) is 8.78 Å². The van der Waals surface area contributed by atoms with Crippen LogP contribution in [-0.2, 0) is 14.3 Å². The Hall–Kier alpha value is -2.94. The largest absolute Gasteiger partial charge is 0.433 e. The van der Waals surface area contributed by atoms with E-state index in [0.29, 0.717) is 17.2 Å². The zero-order valence-electron chi connectivity index (χ0n) is 21.1. The quantitative estimate of drug-likeness (QED) is 0.351. The summed E-state index contributed by atoms with van der Waals surface area (Å²) in [7, 11) is 0. The van der Waals surface area contributed by atoms with Crippen molar-refractivity contribution in [3.63, 3.8) is 0 Å². The molecule has 1 atom stereocenters. The third-order valence-electron chi connectivity index (χ3n) is 6.59. The molecule has 1 aliphatic carbocycles. The number of carbonyl (C=O) groups is 3. The van der Waals surface area contributed by atoms with E-state index in [1.54, 1.807) is 0 Å². The molecular weight excluding hydrogens is 580 g/mol. The molecule has 1 aromatic heterocycles. The van der Waals surface area contributed by atoms with E-state index in [1.165, 1.54) is 40.1 Å². The summed E-state index contributed by atoms with van der Waals surface area (Å²) in [5.74, 6) is -2.13. The number of rotatable bonds is 12. The molecule has 4 rings (SSSR count). The van der Waals surface area contributed by atoms with Crippen molar-refractivity contribution in [1.29, 1.82) is 0 Å². The minimum absolute atomic E-state index is 0.151. The Morgan fingerprint density at radius 1 is 1.20 bits per heavy atom. The van der Waals surface area contributed by atoms with Gasteiger partial charge in [0.25, 0.3) is 18.2 Å². The lowest BCUT2D eigenvalue weighted by atomic mass is 9.90. The minimum Gasteiger partial charge on any atom is -0.433 e.